The number of rotatable bonds is 6. The van der Waals surface area contributed by atoms with Gasteiger partial charge in [0.05, 0.1) is 5.75 Å². The molecule has 1 aliphatic carbocycles. The molecular weight excluding hydrogens is 485 g/mol. The third-order valence-corrected chi connectivity index (χ3v) is 7.21. The second kappa shape index (κ2) is 11.4. The van der Waals surface area contributed by atoms with Crippen molar-refractivity contribution in [3.05, 3.63) is 0 Å². The van der Waals surface area contributed by atoms with E-state index in [-0.39, 0.29) is 35.1 Å². The highest BCUT2D eigenvalue weighted by atomic mass is 127. The van der Waals surface area contributed by atoms with E-state index < -0.39 is 9.84 Å². The van der Waals surface area contributed by atoms with Crippen molar-refractivity contribution in [1.82, 2.24) is 10.2 Å². The molecule has 0 amide bonds. The Morgan fingerprint density at radius 3 is 2.29 bits per heavy atom. The van der Waals surface area contributed by atoms with Gasteiger partial charge < -0.3 is 10.2 Å². The maximum atomic E-state index is 11.5. The smallest absolute Gasteiger partial charge is 0.193 e. The van der Waals surface area contributed by atoms with Gasteiger partial charge in [-0.25, -0.2) is 8.42 Å². The fourth-order valence-electron chi connectivity index (χ4n) is 4.53. The van der Waals surface area contributed by atoms with Crippen molar-refractivity contribution >= 4 is 39.8 Å². The predicted molar refractivity (Wildman–Crippen MR) is 130 cm³/mol. The first-order valence-corrected chi connectivity index (χ1v) is 12.9. The molecule has 2 aliphatic rings. The number of nitrogens with one attached hydrogen (secondary N) is 1. The first kappa shape index (κ1) is 26.0. The summed E-state index contributed by atoms with van der Waals surface area (Å²) < 4.78 is 23.0. The second-order valence-electron chi connectivity index (χ2n) is 9.65. The number of sulfone groups is 1. The molecule has 1 saturated heterocycles. The SMILES string of the molecule is CCNC(=NCC(C)(C)CCS(C)(=O)=O)N1CCCC2(CCCCCC2)C1.I. The lowest BCUT2D eigenvalue weighted by molar-refractivity contribution is 0.115. The van der Waals surface area contributed by atoms with Gasteiger partial charge in [0.2, 0.25) is 0 Å². The van der Waals surface area contributed by atoms with Gasteiger partial charge >= 0.3 is 0 Å². The average molecular weight is 528 g/mol. The van der Waals surface area contributed by atoms with Crippen LogP contribution in [0.4, 0.5) is 0 Å². The Bertz CT molecular complexity index is 597. The molecule has 1 saturated carbocycles. The Balaban J connectivity index is 0.00000392. The van der Waals surface area contributed by atoms with E-state index >= 15 is 0 Å². The van der Waals surface area contributed by atoms with Gasteiger partial charge in [-0.2, -0.15) is 0 Å². The Kier molecular flexibility index (Phi) is 10.6. The van der Waals surface area contributed by atoms with Crippen LogP contribution >= 0.6 is 24.0 Å². The van der Waals surface area contributed by atoms with E-state index in [0.717, 1.165) is 25.6 Å². The Morgan fingerprint density at radius 2 is 1.71 bits per heavy atom. The molecule has 0 aromatic rings. The van der Waals surface area contributed by atoms with Gasteiger partial charge in [0.15, 0.2) is 5.96 Å². The highest BCUT2D eigenvalue weighted by molar-refractivity contribution is 14.0. The molecule has 28 heavy (non-hydrogen) atoms. The Hall–Kier alpha value is -0.0500. The zero-order valence-electron chi connectivity index (χ0n) is 18.4. The molecule has 1 aliphatic heterocycles. The number of halogens is 1. The summed E-state index contributed by atoms with van der Waals surface area (Å²) in [5.41, 5.74) is 0.371. The van der Waals surface area contributed by atoms with Crippen molar-refractivity contribution in [1.29, 1.82) is 0 Å². The summed E-state index contributed by atoms with van der Waals surface area (Å²) in [6, 6.07) is 0. The van der Waals surface area contributed by atoms with Gasteiger partial charge in [-0.05, 0) is 49.9 Å². The topological polar surface area (TPSA) is 61.8 Å². The lowest BCUT2D eigenvalue weighted by Crippen LogP contribution is -2.50. The van der Waals surface area contributed by atoms with E-state index in [1.54, 1.807) is 0 Å². The summed E-state index contributed by atoms with van der Waals surface area (Å²) in [7, 11) is -2.92. The van der Waals surface area contributed by atoms with Crippen molar-refractivity contribution < 1.29 is 8.42 Å². The van der Waals surface area contributed by atoms with Gasteiger partial charge in [0.1, 0.15) is 9.84 Å². The molecule has 1 heterocycles. The van der Waals surface area contributed by atoms with Gasteiger partial charge in [0.25, 0.3) is 0 Å². The van der Waals surface area contributed by atoms with Crippen LogP contribution in [0.3, 0.4) is 0 Å². The lowest BCUT2D eigenvalue weighted by atomic mass is 9.74. The number of hydrogen-bond donors (Lipinski definition) is 1. The minimum Gasteiger partial charge on any atom is -0.357 e. The van der Waals surface area contributed by atoms with Crippen molar-refractivity contribution in [3.63, 3.8) is 0 Å². The van der Waals surface area contributed by atoms with Crippen molar-refractivity contribution in [3.8, 4) is 0 Å². The van der Waals surface area contributed by atoms with Crippen LogP contribution in [0.5, 0.6) is 0 Å². The lowest BCUT2D eigenvalue weighted by Gasteiger charge is -2.44. The minimum atomic E-state index is -2.92. The molecule has 1 N–H and O–H groups in total. The Labute approximate surface area is 190 Å². The summed E-state index contributed by atoms with van der Waals surface area (Å²) in [6.07, 6.45) is 12.8. The fourth-order valence-corrected chi connectivity index (χ4v) is 5.45. The molecule has 0 bridgehead atoms. The average Bonchev–Trinajstić information content (AvgIpc) is 2.82. The maximum absolute atomic E-state index is 11.5. The molecule has 5 nitrogen and oxygen atoms in total. The number of aliphatic imine (C=N–C) groups is 1. The molecule has 2 rings (SSSR count). The van der Waals surface area contributed by atoms with Crippen LogP contribution in [0.1, 0.15) is 78.6 Å². The van der Waals surface area contributed by atoms with Crippen LogP contribution < -0.4 is 5.32 Å². The first-order valence-electron chi connectivity index (χ1n) is 10.9. The van der Waals surface area contributed by atoms with Crippen LogP contribution in [-0.2, 0) is 9.84 Å². The molecule has 2 fully saturated rings. The van der Waals surface area contributed by atoms with Crippen molar-refractivity contribution in [2.75, 3.05) is 38.2 Å². The van der Waals surface area contributed by atoms with Gasteiger partial charge in [-0.3, -0.25) is 4.99 Å². The van der Waals surface area contributed by atoms with Crippen molar-refractivity contribution in [2.24, 2.45) is 15.8 Å². The van der Waals surface area contributed by atoms with Crippen molar-refractivity contribution in [2.45, 2.75) is 78.6 Å². The standard InChI is InChI=1S/C21H41N3O2S.HI/c1-5-22-19(23-17-20(2,3)14-16-27(4,25)26)24-15-10-13-21(18-24)11-8-6-7-9-12-21;/h5-18H2,1-4H3,(H,22,23);1H. The molecule has 0 radical (unpaired) electrons. The zero-order chi connectivity index (χ0) is 20.0. The maximum Gasteiger partial charge on any atom is 0.193 e. The summed E-state index contributed by atoms with van der Waals surface area (Å²) in [6.45, 7) is 10.1. The summed E-state index contributed by atoms with van der Waals surface area (Å²) in [5, 5.41) is 3.49. The monoisotopic (exact) mass is 527 g/mol. The highest BCUT2D eigenvalue weighted by Crippen LogP contribution is 2.42. The molecule has 0 aromatic heterocycles. The number of nitrogens with zero attached hydrogens (tertiary/aromatic N) is 2. The summed E-state index contributed by atoms with van der Waals surface area (Å²) in [5.74, 6) is 1.26. The molecule has 1 spiro atoms. The molecule has 7 heteroatoms. The van der Waals surface area contributed by atoms with Gasteiger partial charge in [-0.15, -0.1) is 24.0 Å². The molecular formula is C21H42IN3O2S. The van der Waals surface area contributed by atoms with Crippen LogP contribution in [-0.4, -0.2) is 57.5 Å². The summed E-state index contributed by atoms with van der Waals surface area (Å²) >= 11 is 0. The fraction of sp³-hybridized carbons (Fsp3) is 0.952. The Morgan fingerprint density at radius 1 is 1.11 bits per heavy atom. The first-order chi connectivity index (χ1) is 12.6. The second-order valence-corrected chi connectivity index (χ2v) is 11.9. The normalized spacial score (nSPS) is 21.1. The largest absolute Gasteiger partial charge is 0.357 e. The van der Waals surface area contributed by atoms with Crippen LogP contribution in [0.15, 0.2) is 4.99 Å². The number of likely N-dealkylation sites (tertiary alicyclic amines) is 1. The van der Waals surface area contributed by atoms with E-state index in [2.05, 4.69) is 31.0 Å². The third-order valence-electron chi connectivity index (χ3n) is 6.27. The quantitative estimate of drug-likeness (QED) is 0.315. The number of guanidine groups is 1. The number of hydrogen-bond acceptors (Lipinski definition) is 3. The van der Waals surface area contributed by atoms with Gasteiger partial charge in [-0.1, -0.05) is 39.5 Å². The number of piperidine rings is 1. The van der Waals surface area contributed by atoms with Gasteiger partial charge in [0, 0.05) is 32.4 Å². The van der Waals surface area contributed by atoms with Crippen LogP contribution in [0.2, 0.25) is 0 Å². The molecule has 0 aromatic carbocycles. The van der Waals surface area contributed by atoms with Crippen LogP contribution in [0.25, 0.3) is 0 Å². The van der Waals surface area contributed by atoms with E-state index in [1.165, 1.54) is 57.6 Å². The molecule has 0 atom stereocenters. The van der Waals surface area contributed by atoms with E-state index in [4.69, 9.17) is 4.99 Å². The molecule has 0 unspecified atom stereocenters. The minimum absolute atomic E-state index is 0. The third kappa shape index (κ3) is 8.76. The highest BCUT2D eigenvalue weighted by Gasteiger charge is 2.36. The van der Waals surface area contributed by atoms with E-state index in [1.807, 2.05) is 0 Å². The molecule has 166 valence electrons. The predicted octanol–water partition coefficient (Wildman–Crippen LogP) is 4.47. The van der Waals surface area contributed by atoms with E-state index in [0.29, 0.717) is 18.4 Å². The van der Waals surface area contributed by atoms with Crippen LogP contribution in [0, 0.1) is 10.8 Å². The van der Waals surface area contributed by atoms with E-state index in [9.17, 15) is 8.42 Å². The zero-order valence-corrected chi connectivity index (χ0v) is 21.6. The summed E-state index contributed by atoms with van der Waals surface area (Å²) in [4.78, 5) is 7.42.